The molecule has 0 unspecified atom stereocenters. The lowest BCUT2D eigenvalue weighted by Crippen LogP contribution is -2.36. The second kappa shape index (κ2) is 12.9. The predicted octanol–water partition coefficient (Wildman–Crippen LogP) is 3.66. The molecule has 0 atom stereocenters. The quantitative estimate of drug-likeness (QED) is 0.316. The van der Waals surface area contributed by atoms with Crippen molar-refractivity contribution in [3.63, 3.8) is 0 Å². The van der Waals surface area contributed by atoms with Crippen molar-refractivity contribution in [3.05, 3.63) is 53.2 Å². The zero-order valence-corrected chi connectivity index (χ0v) is 19.7. The second-order valence-corrected chi connectivity index (χ2v) is 8.07. The largest absolute Gasteiger partial charge is 0.493 e. The molecule has 1 aromatic carbocycles. The van der Waals surface area contributed by atoms with Crippen molar-refractivity contribution in [2.75, 3.05) is 44.9 Å². The minimum absolute atomic E-state index is 0.580. The van der Waals surface area contributed by atoms with Gasteiger partial charge in [0.1, 0.15) is 11.6 Å². The Balaban J connectivity index is 1.58. The van der Waals surface area contributed by atoms with Crippen molar-refractivity contribution in [2.24, 2.45) is 4.99 Å². The highest BCUT2D eigenvalue weighted by Gasteiger charge is 2.13. The molecule has 0 amide bonds. The van der Waals surface area contributed by atoms with Gasteiger partial charge in [-0.2, -0.15) is 0 Å². The van der Waals surface area contributed by atoms with E-state index in [4.69, 9.17) is 14.5 Å². The van der Waals surface area contributed by atoms with Gasteiger partial charge in [0, 0.05) is 58.1 Å². The van der Waals surface area contributed by atoms with Crippen molar-refractivity contribution in [3.8, 4) is 5.75 Å². The lowest BCUT2D eigenvalue weighted by atomic mass is 10.1. The zero-order chi connectivity index (χ0) is 22.6. The third kappa shape index (κ3) is 7.41. The number of aromatic nitrogens is 1. The minimum Gasteiger partial charge on any atom is -0.493 e. The summed E-state index contributed by atoms with van der Waals surface area (Å²) in [7, 11) is 1.71. The van der Waals surface area contributed by atoms with Crippen LogP contribution in [0.15, 0.2) is 41.5 Å². The summed E-state index contributed by atoms with van der Waals surface area (Å²) in [4.78, 5) is 11.7. The van der Waals surface area contributed by atoms with Crippen molar-refractivity contribution in [1.29, 1.82) is 0 Å². The Hall–Kier alpha value is -2.80. The smallest absolute Gasteiger partial charge is 0.191 e. The van der Waals surface area contributed by atoms with E-state index >= 15 is 0 Å². The van der Waals surface area contributed by atoms with E-state index in [0.29, 0.717) is 26.3 Å². The number of nitrogens with zero attached hydrogens (tertiary/aromatic N) is 3. The summed E-state index contributed by atoms with van der Waals surface area (Å²) in [5, 5.41) is 6.75. The minimum atomic E-state index is 0.580. The highest BCUT2D eigenvalue weighted by atomic mass is 16.5. The zero-order valence-electron chi connectivity index (χ0n) is 19.7. The average Bonchev–Trinajstić information content (AvgIpc) is 3.35. The molecule has 2 aromatic rings. The molecule has 1 fully saturated rings. The third-order valence-corrected chi connectivity index (χ3v) is 5.42. The highest BCUT2D eigenvalue weighted by molar-refractivity contribution is 5.79. The van der Waals surface area contributed by atoms with Gasteiger partial charge in [-0.15, -0.1) is 0 Å². The van der Waals surface area contributed by atoms with Gasteiger partial charge in [0.25, 0.3) is 0 Å². The Labute approximate surface area is 192 Å². The molecule has 32 heavy (non-hydrogen) atoms. The molecular formula is C25H37N5O2. The molecule has 7 nitrogen and oxygen atoms in total. The number of hydrogen-bond donors (Lipinski definition) is 2. The Morgan fingerprint density at radius 3 is 2.69 bits per heavy atom. The number of hydrogen-bond acceptors (Lipinski definition) is 5. The number of nitrogens with one attached hydrogen (secondary N) is 2. The summed E-state index contributed by atoms with van der Waals surface area (Å²) in [6.45, 7) is 9.71. The number of anilines is 1. The van der Waals surface area contributed by atoms with Gasteiger partial charge in [0.15, 0.2) is 5.96 Å². The van der Waals surface area contributed by atoms with Gasteiger partial charge in [0.2, 0.25) is 0 Å². The fourth-order valence-electron chi connectivity index (χ4n) is 3.66. The Bertz CT molecular complexity index is 848. The van der Waals surface area contributed by atoms with E-state index in [1.54, 1.807) is 7.11 Å². The molecule has 3 rings (SSSR count). The number of aryl methyl sites for hydroxylation is 1. The van der Waals surface area contributed by atoms with Gasteiger partial charge < -0.3 is 25.0 Å². The third-order valence-electron chi connectivity index (χ3n) is 5.42. The van der Waals surface area contributed by atoms with Crippen LogP contribution in [-0.4, -0.2) is 50.9 Å². The second-order valence-electron chi connectivity index (χ2n) is 8.07. The molecule has 174 valence electrons. The first kappa shape index (κ1) is 23.9. The molecule has 2 heterocycles. The van der Waals surface area contributed by atoms with Crippen LogP contribution in [0.3, 0.4) is 0 Å². The maximum Gasteiger partial charge on any atom is 0.191 e. The van der Waals surface area contributed by atoms with Crippen molar-refractivity contribution in [1.82, 2.24) is 15.6 Å². The summed E-state index contributed by atoms with van der Waals surface area (Å²) < 4.78 is 11.1. The summed E-state index contributed by atoms with van der Waals surface area (Å²) in [5.74, 6) is 2.76. The van der Waals surface area contributed by atoms with Crippen molar-refractivity contribution < 1.29 is 9.47 Å². The molecule has 1 aliphatic rings. The first-order valence-electron chi connectivity index (χ1n) is 11.6. The van der Waals surface area contributed by atoms with E-state index in [9.17, 15) is 0 Å². The molecule has 2 N–H and O–H groups in total. The average molecular weight is 440 g/mol. The SMILES string of the molecule is CCNC(=NCc1ccc(N2CCCC2)nc1)NCc1ccc(C)cc1OCCCOC. The van der Waals surface area contributed by atoms with Crippen LogP contribution in [0.5, 0.6) is 5.75 Å². The molecule has 1 saturated heterocycles. The number of aliphatic imine (C=N–C) groups is 1. The molecule has 7 heteroatoms. The molecule has 0 radical (unpaired) electrons. The van der Waals surface area contributed by atoms with Crippen LogP contribution in [0, 0.1) is 6.92 Å². The predicted molar refractivity (Wildman–Crippen MR) is 131 cm³/mol. The fourth-order valence-corrected chi connectivity index (χ4v) is 3.66. The normalized spacial score (nSPS) is 14.0. The van der Waals surface area contributed by atoms with Gasteiger partial charge in [0.05, 0.1) is 13.2 Å². The lowest BCUT2D eigenvalue weighted by Gasteiger charge is -2.16. The number of pyridine rings is 1. The molecule has 1 aromatic heterocycles. The van der Waals surface area contributed by atoms with E-state index in [-0.39, 0.29) is 0 Å². The van der Waals surface area contributed by atoms with E-state index in [1.807, 2.05) is 6.20 Å². The van der Waals surface area contributed by atoms with E-state index in [1.165, 1.54) is 18.4 Å². The summed E-state index contributed by atoms with van der Waals surface area (Å²) in [6.07, 6.45) is 5.32. The number of rotatable bonds is 11. The van der Waals surface area contributed by atoms with Crippen LogP contribution >= 0.6 is 0 Å². The van der Waals surface area contributed by atoms with Crippen LogP contribution in [0.25, 0.3) is 0 Å². The molecule has 1 aliphatic heterocycles. The van der Waals surface area contributed by atoms with E-state index in [0.717, 1.165) is 54.7 Å². The van der Waals surface area contributed by atoms with Gasteiger partial charge >= 0.3 is 0 Å². The molecule has 0 spiro atoms. The van der Waals surface area contributed by atoms with E-state index < -0.39 is 0 Å². The monoisotopic (exact) mass is 439 g/mol. The first-order chi connectivity index (χ1) is 15.7. The van der Waals surface area contributed by atoms with Gasteiger partial charge in [-0.3, -0.25) is 0 Å². The summed E-state index contributed by atoms with van der Waals surface area (Å²) >= 11 is 0. The topological polar surface area (TPSA) is 71.0 Å². The number of ether oxygens (including phenoxy) is 2. The van der Waals surface area contributed by atoms with Crippen LogP contribution in [0.4, 0.5) is 5.82 Å². The van der Waals surface area contributed by atoms with Crippen LogP contribution in [0.2, 0.25) is 0 Å². The van der Waals surface area contributed by atoms with Crippen molar-refractivity contribution in [2.45, 2.75) is 46.2 Å². The molecule has 0 aliphatic carbocycles. The molecular weight excluding hydrogens is 402 g/mol. The van der Waals surface area contributed by atoms with Crippen molar-refractivity contribution >= 4 is 11.8 Å². The lowest BCUT2D eigenvalue weighted by molar-refractivity contribution is 0.171. The first-order valence-corrected chi connectivity index (χ1v) is 11.6. The number of methoxy groups -OCH3 is 1. The van der Waals surface area contributed by atoms with Crippen LogP contribution < -0.4 is 20.3 Å². The Morgan fingerprint density at radius 2 is 1.97 bits per heavy atom. The maximum atomic E-state index is 6.00. The summed E-state index contributed by atoms with van der Waals surface area (Å²) in [6, 6.07) is 10.5. The van der Waals surface area contributed by atoms with Gasteiger partial charge in [-0.25, -0.2) is 9.98 Å². The Morgan fingerprint density at radius 1 is 1.12 bits per heavy atom. The van der Waals surface area contributed by atoms with Crippen LogP contribution in [-0.2, 0) is 17.8 Å². The Kier molecular flexibility index (Phi) is 9.62. The number of guanidine groups is 1. The summed E-state index contributed by atoms with van der Waals surface area (Å²) in [5.41, 5.74) is 3.39. The van der Waals surface area contributed by atoms with E-state index in [2.05, 4.69) is 64.7 Å². The molecule has 0 saturated carbocycles. The van der Waals surface area contributed by atoms with Gasteiger partial charge in [-0.1, -0.05) is 18.2 Å². The van der Waals surface area contributed by atoms with Crippen LogP contribution in [0.1, 0.15) is 42.9 Å². The maximum absolute atomic E-state index is 6.00. The van der Waals surface area contributed by atoms with Gasteiger partial charge in [-0.05, 0) is 49.9 Å². The highest BCUT2D eigenvalue weighted by Crippen LogP contribution is 2.21. The fraction of sp³-hybridized carbons (Fsp3) is 0.520. The molecule has 0 bridgehead atoms. The standard InChI is InChI=1S/C25H37N5O2/c1-4-26-25(28-18-21-9-11-24(27-17-21)30-12-5-6-13-30)29-19-22-10-8-20(2)16-23(22)32-15-7-14-31-3/h8-11,16-17H,4-7,12-15,18-19H2,1-3H3,(H2,26,28,29). The number of benzene rings is 1.